The van der Waals surface area contributed by atoms with Crippen molar-refractivity contribution in [2.24, 2.45) is 0 Å². The SMILES string of the molecule is CCCCC/C=C\CCC1OC1CCCCCCCCCC. The fraction of sp³-hybridized carbons (Fsp3) is 0.905. The summed E-state index contributed by atoms with van der Waals surface area (Å²) in [6.45, 7) is 4.55. The molecule has 2 atom stereocenters. The van der Waals surface area contributed by atoms with Gasteiger partial charge in [-0.1, -0.05) is 90.2 Å². The Balaban J connectivity index is 1.78. The van der Waals surface area contributed by atoms with E-state index in [9.17, 15) is 0 Å². The van der Waals surface area contributed by atoms with Crippen LogP contribution in [0.4, 0.5) is 0 Å². The molecule has 0 aliphatic carbocycles. The van der Waals surface area contributed by atoms with Gasteiger partial charge in [-0.25, -0.2) is 0 Å². The third-order valence-corrected chi connectivity index (χ3v) is 4.79. The van der Waals surface area contributed by atoms with Gasteiger partial charge in [0.05, 0.1) is 12.2 Å². The summed E-state index contributed by atoms with van der Waals surface area (Å²) in [6, 6.07) is 0. The number of allylic oxidation sites excluding steroid dienone is 2. The van der Waals surface area contributed by atoms with Crippen LogP contribution >= 0.6 is 0 Å². The molecule has 0 amide bonds. The highest BCUT2D eigenvalue weighted by atomic mass is 16.6. The molecule has 0 aromatic heterocycles. The highest BCUT2D eigenvalue weighted by Crippen LogP contribution is 2.31. The highest BCUT2D eigenvalue weighted by molar-refractivity contribution is 4.89. The van der Waals surface area contributed by atoms with Crippen molar-refractivity contribution >= 4 is 0 Å². The molecule has 0 saturated carbocycles. The van der Waals surface area contributed by atoms with E-state index in [0.717, 1.165) is 0 Å². The lowest BCUT2D eigenvalue weighted by Crippen LogP contribution is -1.94. The molecular formula is C21H40O. The van der Waals surface area contributed by atoms with Crippen LogP contribution in [0.25, 0.3) is 0 Å². The topological polar surface area (TPSA) is 12.5 Å². The van der Waals surface area contributed by atoms with Gasteiger partial charge in [0.25, 0.3) is 0 Å². The van der Waals surface area contributed by atoms with Crippen LogP contribution < -0.4 is 0 Å². The van der Waals surface area contributed by atoms with Crippen molar-refractivity contribution in [2.75, 3.05) is 0 Å². The third kappa shape index (κ3) is 11.3. The molecule has 0 spiro atoms. The Morgan fingerprint density at radius 1 is 0.591 bits per heavy atom. The fourth-order valence-electron chi connectivity index (χ4n) is 3.17. The molecule has 0 radical (unpaired) electrons. The van der Waals surface area contributed by atoms with E-state index in [1.54, 1.807) is 0 Å². The Morgan fingerprint density at radius 3 is 1.86 bits per heavy atom. The van der Waals surface area contributed by atoms with Gasteiger partial charge in [0.2, 0.25) is 0 Å². The van der Waals surface area contributed by atoms with E-state index in [2.05, 4.69) is 26.0 Å². The van der Waals surface area contributed by atoms with Crippen molar-refractivity contribution in [2.45, 2.75) is 122 Å². The van der Waals surface area contributed by atoms with Crippen LogP contribution in [0.5, 0.6) is 0 Å². The zero-order chi connectivity index (χ0) is 15.9. The number of hydrogen-bond acceptors (Lipinski definition) is 1. The molecule has 1 fully saturated rings. The standard InChI is InChI=1S/C21H40O/c1-3-5-7-9-11-13-15-17-19-21-20(22-21)18-16-14-12-10-8-6-4-2/h12,14,20-21H,3-11,13,15-19H2,1-2H3/b14-12-. The molecule has 1 saturated heterocycles. The minimum atomic E-state index is 0.588. The first kappa shape index (κ1) is 19.7. The second-order valence-corrected chi connectivity index (χ2v) is 7.02. The van der Waals surface area contributed by atoms with E-state index in [0.29, 0.717) is 12.2 Å². The lowest BCUT2D eigenvalue weighted by molar-refractivity contribution is 0.352. The first-order valence-corrected chi connectivity index (χ1v) is 10.2. The van der Waals surface area contributed by atoms with Crippen molar-refractivity contribution in [3.63, 3.8) is 0 Å². The fourth-order valence-corrected chi connectivity index (χ4v) is 3.17. The molecule has 0 aromatic rings. The molecule has 0 N–H and O–H groups in total. The average Bonchev–Trinajstić information content (AvgIpc) is 3.27. The summed E-state index contributed by atoms with van der Waals surface area (Å²) >= 11 is 0. The van der Waals surface area contributed by atoms with Gasteiger partial charge in [0.15, 0.2) is 0 Å². The van der Waals surface area contributed by atoms with Gasteiger partial charge < -0.3 is 4.74 Å². The zero-order valence-corrected chi connectivity index (χ0v) is 15.3. The maximum absolute atomic E-state index is 5.79. The van der Waals surface area contributed by atoms with Crippen LogP contribution in [0.3, 0.4) is 0 Å². The molecule has 22 heavy (non-hydrogen) atoms. The lowest BCUT2D eigenvalue weighted by atomic mass is 10.0. The van der Waals surface area contributed by atoms with Crippen molar-refractivity contribution in [1.29, 1.82) is 0 Å². The van der Waals surface area contributed by atoms with Crippen molar-refractivity contribution in [3.8, 4) is 0 Å². The summed E-state index contributed by atoms with van der Waals surface area (Å²) in [7, 11) is 0. The lowest BCUT2D eigenvalue weighted by Gasteiger charge is -2.00. The largest absolute Gasteiger partial charge is 0.370 e. The van der Waals surface area contributed by atoms with E-state index in [1.807, 2.05) is 0 Å². The van der Waals surface area contributed by atoms with Crippen LogP contribution in [0.2, 0.25) is 0 Å². The summed E-state index contributed by atoms with van der Waals surface area (Å²) in [5.41, 5.74) is 0. The van der Waals surface area contributed by atoms with Crippen LogP contribution in [0, 0.1) is 0 Å². The Bertz CT molecular complexity index is 259. The Morgan fingerprint density at radius 2 is 1.14 bits per heavy atom. The molecule has 1 aliphatic heterocycles. The van der Waals surface area contributed by atoms with Gasteiger partial charge in [-0.2, -0.15) is 0 Å². The van der Waals surface area contributed by atoms with Gasteiger partial charge in [-0.3, -0.25) is 0 Å². The maximum atomic E-state index is 5.79. The Labute approximate surface area is 139 Å². The second kappa shape index (κ2) is 14.3. The third-order valence-electron chi connectivity index (χ3n) is 4.79. The highest BCUT2D eigenvalue weighted by Gasteiger charge is 2.36. The summed E-state index contributed by atoms with van der Waals surface area (Å²) in [6.07, 6.45) is 26.3. The Kier molecular flexibility index (Phi) is 12.8. The van der Waals surface area contributed by atoms with E-state index >= 15 is 0 Å². The molecule has 1 rings (SSSR count). The van der Waals surface area contributed by atoms with E-state index in [-0.39, 0.29) is 0 Å². The van der Waals surface area contributed by atoms with Gasteiger partial charge >= 0.3 is 0 Å². The first-order valence-electron chi connectivity index (χ1n) is 10.2. The van der Waals surface area contributed by atoms with Crippen LogP contribution in [0.1, 0.15) is 110 Å². The normalized spacial score (nSPS) is 20.8. The summed E-state index contributed by atoms with van der Waals surface area (Å²) in [5.74, 6) is 0. The minimum absolute atomic E-state index is 0.588. The number of epoxide rings is 1. The van der Waals surface area contributed by atoms with Crippen LogP contribution in [-0.2, 0) is 4.74 Å². The minimum Gasteiger partial charge on any atom is -0.370 e. The quantitative estimate of drug-likeness (QED) is 0.167. The Hall–Kier alpha value is -0.300. The molecule has 0 aromatic carbocycles. The summed E-state index contributed by atoms with van der Waals surface area (Å²) in [5, 5.41) is 0. The van der Waals surface area contributed by atoms with E-state index in [1.165, 1.54) is 96.3 Å². The van der Waals surface area contributed by atoms with Gasteiger partial charge in [0.1, 0.15) is 0 Å². The molecule has 1 heteroatoms. The van der Waals surface area contributed by atoms with Crippen molar-refractivity contribution in [3.05, 3.63) is 12.2 Å². The molecule has 1 heterocycles. The van der Waals surface area contributed by atoms with Gasteiger partial charge in [-0.15, -0.1) is 0 Å². The zero-order valence-electron chi connectivity index (χ0n) is 15.3. The molecule has 2 unspecified atom stereocenters. The molecule has 1 nitrogen and oxygen atoms in total. The molecular weight excluding hydrogens is 268 g/mol. The van der Waals surface area contributed by atoms with Gasteiger partial charge in [-0.05, 0) is 32.1 Å². The molecule has 130 valence electrons. The van der Waals surface area contributed by atoms with Crippen LogP contribution in [0.15, 0.2) is 12.2 Å². The number of hydrogen-bond donors (Lipinski definition) is 0. The predicted molar refractivity (Wildman–Crippen MR) is 98.4 cm³/mol. The number of ether oxygens (including phenoxy) is 1. The summed E-state index contributed by atoms with van der Waals surface area (Å²) in [4.78, 5) is 0. The summed E-state index contributed by atoms with van der Waals surface area (Å²) < 4.78 is 5.79. The average molecular weight is 309 g/mol. The molecule has 0 bridgehead atoms. The monoisotopic (exact) mass is 308 g/mol. The second-order valence-electron chi connectivity index (χ2n) is 7.02. The maximum Gasteiger partial charge on any atom is 0.0844 e. The van der Waals surface area contributed by atoms with E-state index in [4.69, 9.17) is 4.74 Å². The predicted octanol–water partition coefficient (Wildman–Crippen LogP) is 7.20. The van der Waals surface area contributed by atoms with Crippen molar-refractivity contribution in [1.82, 2.24) is 0 Å². The molecule has 1 aliphatic rings. The van der Waals surface area contributed by atoms with E-state index < -0.39 is 0 Å². The van der Waals surface area contributed by atoms with Crippen LogP contribution in [-0.4, -0.2) is 12.2 Å². The van der Waals surface area contributed by atoms with Gasteiger partial charge in [0, 0.05) is 0 Å². The smallest absolute Gasteiger partial charge is 0.0844 e. The first-order chi connectivity index (χ1) is 10.9. The number of rotatable bonds is 16. The van der Waals surface area contributed by atoms with Crippen molar-refractivity contribution < 1.29 is 4.74 Å². The number of unbranched alkanes of at least 4 members (excludes halogenated alkanes) is 10.